The zero-order valence-corrected chi connectivity index (χ0v) is 73.4. The van der Waals surface area contributed by atoms with E-state index in [1.165, 1.54) is 17.4 Å². The number of hydrogen-bond donors (Lipinski definition) is 0. The standard InChI is InChI=1S/C24H16FN3O.C22H15F2N3.C21H14FN3O.2C21H14FN3S/c25-22-23(16-5-6-21-15(13-16)9-12-29-21)27-19-4-2-1-3-18(19)24(22)28-11-8-17-14-26-10-7-20(17)28;23-17-7-3-1-5-15(17)21-20(24)22(16-6-2-4-8-18(16)26-21)27-12-10-14-13-25-11-9-19(14)27;1-13-6-7-18(26-13)20-19(22)21(15-4-2-3-5-16(15)24-20)25-11-9-14-12-23-10-8-17(14)25;1-13-10-18(26-12-13)20-19(22)21(15-4-2-3-5-16(15)24-20)25-9-7-14-11-23-8-6-17(14)25;1-13-6-7-18(26-13)20-19(22)21(15-4-2-3-5-16(15)24-20)25-11-9-14-12-23-10-8-17(14)25/h1-8,10-11,13-14H,9,12H2;1-9,11,13H,10,12H2;3*2-12H,1H3. The third-order valence-electron chi connectivity index (χ3n) is 24.0. The third-order valence-corrected chi connectivity index (χ3v) is 26.1. The van der Waals surface area contributed by atoms with Crippen LogP contribution in [0.4, 0.5) is 37.7 Å². The van der Waals surface area contributed by atoms with Gasteiger partial charge in [-0.1, -0.05) is 103 Å². The topological polar surface area (TPSA) is 174 Å². The number of fused-ring (bicyclic) bond motifs is 11. The number of aryl methyl sites for hydroxylation is 3. The first-order chi connectivity index (χ1) is 65.7. The van der Waals surface area contributed by atoms with Gasteiger partial charge in [0.1, 0.15) is 45.8 Å². The fourth-order valence-electron chi connectivity index (χ4n) is 17.8. The highest BCUT2D eigenvalue weighted by Gasteiger charge is 2.31. The molecule has 7 aromatic carbocycles. The maximum Gasteiger partial charge on any atom is 0.177 e. The lowest BCUT2D eigenvalue weighted by Gasteiger charge is -2.23. The van der Waals surface area contributed by atoms with Gasteiger partial charge < -0.3 is 32.3 Å². The number of pyridine rings is 10. The predicted molar refractivity (Wildman–Crippen MR) is 521 cm³/mol. The minimum Gasteiger partial charge on any atom is -0.493 e. The highest BCUT2D eigenvalue weighted by Crippen LogP contribution is 2.46. The second-order valence-electron chi connectivity index (χ2n) is 32.3. The summed E-state index contributed by atoms with van der Waals surface area (Å²) in [6.45, 7) is 7.16. The van der Waals surface area contributed by atoms with E-state index in [9.17, 15) is 4.39 Å². The first-order valence-electron chi connectivity index (χ1n) is 43.2. The van der Waals surface area contributed by atoms with Crippen LogP contribution in [0.2, 0.25) is 0 Å². The molecule has 2 aliphatic heterocycles. The number of furan rings is 1. The van der Waals surface area contributed by atoms with Crippen molar-refractivity contribution in [3.8, 4) is 83.6 Å². The molecule has 134 heavy (non-hydrogen) atoms. The molecule has 0 aliphatic carbocycles. The van der Waals surface area contributed by atoms with Crippen LogP contribution in [0.5, 0.6) is 5.75 Å². The minimum atomic E-state index is -0.511. The van der Waals surface area contributed by atoms with E-state index in [-0.39, 0.29) is 34.4 Å². The van der Waals surface area contributed by atoms with Crippen molar-refractivity contribution in [2.24, 2.45) is 0 Å². The quantitative estimate of drug-likeness (QED) is 0.118. The van der Waals surface area contributed by atoms with Gasteiger partial charge in [0, 0.05) is 170 Å². The summed E-state index contributed by atoms with van der Waals surface area (Å²) in [5.74, 6) is -0.346. The van der Waals surface area contributed by atoms with E-state index in [0.717, 1.165) is 143 Å². The number of aromatic nitrogens is 14. The molecule has 650 valence electrons. The van der Waals surface area contributed by atoms with Gasteiger partial charge in [-0.2, -0.15) is 0 Å². The Morgan fingerprint density at radius 3 is 1.25 bits per heavy atom. The van der Waals surface area contributed by atoms with E-state index in [1.807, 2.05) is 299 Å². The number of anilines is 2. The van der Waals surface area contributed by atoms with E-state index in [0.29, 0.717) is 86.6 Å². The number of halogens is 6. The number of hydrogen-bond acceptors (Lipinski definition) is 15. The Bertz CT molecular complexity index is 8240. The Morgan fingerprint density at radius 2 is 0.776 bits per heavy atom. The second-order valence-corrected chi connectivity index (χ2v) is 34.5. The van der Waals surface area contributed by atoms with Crippen LogP contribution in [0.1, 0.15) is 27.3 Å². The number of rotatable bonds is 10. The number of thiophene rings is 2. The predicted octanol–water partition coefficient (Wildman–Crippen LogP) is 27.4. The van der Waals surface area contributed by atoms with Crippen molar-refractivity contribution in [1.82, 2.24) is 68.1 Å². The zero-order chi connectivity index (χ0) is 90.8. The number of ether oxygens (including phenoxy) is 1. The Kier molecular flexibility index (Phi) is 21.7. The lowest BCUT2D eigenvalue weighted by Crippen LogP contribution is -2.16. The van der Waals surface area contributed by atoms with Crippen molar-refractivity contribution in [3.63, 3.8) is 0 Å². The first kappa shape index (κ1) is 83.0. The Labute approximate surface area is 769 Å². The maximum absolute atomic E-state index is 16.0. The molecule has 0 atom stereocenters. The average Bonchev–Trinajstić information content (AvgIpc) is 1.51. The van der Waals surface area contributed by atoms with Gasteiger partial charge in [0.2, 0.25) is 0 Å². The fraction of sp³-hybridized carbons (Fsp3) is 0.0642. The molecule has 0 N–H and O–H groups in total. The molecule has 0 saturated carbocycles. The maximum atomic E-state index is 16.0. The van der Waals surface area contributed by atoms with Gasteiger partial charge in [-0.25, -0.2) is 51.3 Å². The van der Waals surface area contributed by atoms with E-state index in [2.05, 4.69) is 49.8 Å². The van der Waals surface area contributed by atoms with Crippen LogP contribution >= 0.6 is 22.7 Å². The zero-order valence-electron chi connectivity index (χ0n) is 71.8. The molecule has 26 rings (SSSR count). The van der Waals surface area contributed by atoms with Gasteiger partial charge in [-0.3, -0.25) is 24.9 Å². The van der Waals surface area contributed by atoms with Gasteiger partial charge in [-0.15, -0.1) is 22.7 Å². The van der Waals surface area contributed by atoms with Crippen LogP contribution < -0.4 is 9.64 Å². The summed E-state index contributed by atoms with van der Waals surface area (Å²) < 4.78 is 112. The molecule has 0 spiro atoms. The van der Waals surface area contributed by atoms with Crippen LogP contribution in [-0.2, 0) is 12.8 Å². The molecular weight excluding hydrogens is 1730 g/mol. The summed E-state index contributed by atoms with van der Waals surface area (Å²) in [7, 11) is 0. The van der Waals surface area contributed by atoms with E-state index < -0.39 is 17.5 Å². The molecule has 0 amide bonds. The van der Waals surface area contributed by atoms with Crippen molar-refractivity contribution in [2.45, 2.75) is 33.6 Å². The number of nitrogens with zero attached hydrogens (tertiary/aromatic N) is 15. The fourth-order valence-corrected chi connectivity index (χ4v) is 19.5. The molecule has 0 saturated heterocycles. The van der Waals surface area contributed by atoms with E-state index >= 15 is 22.0 Å². The minimum absolute atomic E-state index is 0.0318. The van der Waals surface area contributed by atoms with Crippen molar-refractivity contribution in [3.05, 3.63) is 403 Å². The molecule has 2 aliphatic rings. The smallest absolute Gasteiger partial charge is 0.177 e. The van der Waals surface area contributed by atoms with Gasteiger partial charge >= 0.3 is 0 Å². The highest BCUT2D eigenvalue weighted by molar-refractivity contribution is 7.15. The molecule has 17 nitrogen and oxygen atoms in total. The molecule has 19 heterocycles. The summed E-state index contributed by atoms with van der Waals surface area (Å²) >= 11 is 3.06. The Morgan fingerprint density at radius 1 is 0.351 bits per heavy atom. The summed E-state index contributed by atoms with van der Waals surface area (Å²) in [5.41, 5.74) is 16.3. The normalized spacial score (nSPS) is 12.1. The highest BCUT2D eigenvalue weighted by atomic mass is 32.1. The van der Waals surface area contributed by atoms with Crippen molar-refractivity contribution in [2.75, 3.05) is 18.1 Å². The summed E-state index contributed by atoms with van der Waals surface area (Å²) in [6, 6.07) is 76.6. The lowest BCUT2D eigenvalue weighted by molar-refractivity contribution is 0.357. The summed E-state index contributed by atoms with van der Waals surface area (Å²) in [4.78, 5) is 48.4. The largest absolute Gasteiger partial charge is 0.493 e. The average molecular weight is 1800 g/mol. The first-order valence-corrected chi connectivity index (χ1v) is 44.9. The molecule has 0 radical (unpaired) electrons. The van der Waals surface area contributed by atoms with E-state index in [4.69, 9.17) is 9.15 Å². The molecule has 0 unspecified atom stereocenters. The molecule has 17 aromatic heterocycles. The monoisotopic (exact) mass is 1800 g/mol. The summed E-state index contributed by atoms with van der Waals surface area (Å²) in [5, 5.41) is 9.67. The lowest BCUT2D eigenvalue weighted by atomic mass is 10.0. The van der Waals surface area contributed by atoms with E-state index in [1.54, 1.807) is 91.4 Å². The van der Waals surface area contributed by atoms with Crippen molar-refractivity contribution < 1.29 is 35.5 Å². The summed E-state index contributed by atoms with van der Waals surface area (Å²) in [6.07, 6.45) is 26.7. The van der Waals surface area contributed by atoms with Crippen molar-refractivity contribution in [1.29, 1.82) is 0 Å². The van der Waals surface area contributed by atoms with Crippen molar-refractivity contribution >= 4 is 132 Å². The van der Waals surface area contributed by atoms with Crippen LogP contribution in [0.25, 0.3) is 176 Å². The number of benzene rings is 7. The van der Waals surface area contributed by atoms with Crippen LogP contribution in [0, 0.1) is 55.7 Å². The molecule has 0 bridgehead atoms. The Balaban J connectivity index is 0.0000000975. The molecular formula is C109H73F6N15O2S2. The number of para-hydroxylation sites is 5. The third kappa shape index (κ3) is 15.2. The molecule has 25 heteroatoms. The van der Waals surface area contributed by atoms with Gasteiger partial charge in [0.15, 0.2) is 34.8 Å². The Hall–Kier alpha value is -16.6. The molecule has 0 fully saturated rings. The molecule has 24 aromatic rings. The van der Waals surface area contributed by atoms with Gasteiger partial charge in [-0.05, 0) is 195 Å². The SMILES string of the molecule is Cc1ccc(-c2nc3ccccc3c(-n3ccc4cnccc43)c2F)o1.Cc1ccc(-c2nc3ccccc3c(-n3ccc4cnccc43)c2F)s1.Cc1csc(-c2nc3ccccc3c(-n3ccc4cnccc43)c2F)c1.Fc1c(-c2ccc3c(c2)CCO3)nc2ccccc2c1-n1ccc2cnccc21.Fc1ccccc1-c1nc2ccccc2c(N2CCc3cnccc32)c1F. The van der Waals surface area contributed by atoms with Gasteiger partial charge in [0.05, 0.1) is 94.4 Å². The van der Waals surface area contributed by atoms with Gasteiger partial charge in [0.25, 0.3) is 0 Å². The van der Waals surface area contributed by atoms with Crippen LogP contribution in [0.3, 0.4) is 0 Å². The van der Waals surface area contributed by atoms with Crippen LogP contribution in [-0.4, -0.2) is 81.3 Å². The second kappa shape index (κ2) is 35.0. The van der Waals surface area contributed by atoms with Crippen LogP contribution in [0.15, 0.2) is 345 Å².